The van der Waals surface area contributed by atoms with Crippen LogP contribution in [0.5, 0.6) is 0 Å². The molecule has 0 saturated heterocycles. The normalized spacial score (nSPS) is 12.1. The number of ether oxygens (including phenoxy) is 1. The number of anilines is 1. The van der Waals surface area contributed by atoms with Gasteiger partial charge in [-0.05, 0) is 24.8 Å². The Hall–Kier alpha value is -2.18. The van der Waals surface area contributed by atoms with Gasteiger partial charge in [0.25, 0.3) is 5.91 Å². The molecule has 6 heteroatoms. The summed E-state index contributed by atoms with van der Waals surface area (Å²) in [6.07, 6.45) is 0.748. The largest absolute Gasteiger partial charge is 0.385 e. The molecule has 1 aromatic heterocycles. The second kappa shape index (κ2) is 7.01. The maximum absolute atomic E-state index is 12.2. The van der Waals surface area contributed by atoms with Crippen molar-refractivity contribution in [1.29, 1.82) is 0 Å². The van der Waals surface area contributed by atoms with Gasteiger partial charge in [0.15, 0.2) is 0 Å². The molecule has 2 rings (SSSR count). The number of hydrogen-bond donors (Lipinski definition) is 3. The summed E-state index contributed by atoms with van der Waals surface area (Å²) in [6, 6.07) is 9.40. The van der Waals surface area contributed by atoms with Crippen LogP contribution < -0.4 is 16.6 Å². The number of hydrazine groups is 1. The minimum atomic E-state index is -0.221. The molecule has 6 nitrogen and oxygen atoms in total. The van der Waals surface area contributed by atoms with Crippen LogP contribution in [0.15, 0.2) is 30.3 Å². The molecule has 2 aromatic rings. The van der Waals surface area contributed by atoms with Crippen molar-refractivity contribution in [2.24, 2.45) is 5.84 Å². The minimum absolute atomic E-state index is 0.0139. The van der Waals surface area contributed by atoms with Crippen LogP contribution in [0, 0.1) is 0 Å². The summed E-state index contributed by atoms with van der Waals surface area (Å²) in [5, 5.41) is 4.69. The van der Waals surface area contributed by atoms with Gasteiger partial charge in [0.05, 0.1) is 0 Å². The topological polar surface area (TPSA) is 89.3 Å². The van der Waals surface area contributed by atoms with E-state index in [9.17, 15) is 4.79 Å². The monoisotopic (exact) mass is 288 g/mol. The molecule has 1 aromatic carbocycles. The van der Waals surface area contributed by atoms with Gasteiger partial charge in [-0.1, -0.05) is 24.3 Å². The zero-order valence-corrected chi connectivity index (χ0v) is 12.2. The SMILES string of the molecule is COCCC(C)NC(=O)c1cc2ccccc2c(NN)n1. The lowest BCUT2D eigenvalue weighted by Crippen LogP contribution is -2.34. The van der Waals surface area contributed by atoms with Gasteiger partial charge in [-0.3, -0.25) is 4.79 Å². The van der Waals surface area contributed by atoms with E-state index in [0.717, 1.165) is 17.2 Å². The Labute approximate surface area is 123 Å². The Kier molecular flexibility index (Phi) is 5.08. The van der Waals surface area contributed by atoms with Crippen molar-refractivity contribution in [3.05, 3.63) is 36.0 Å². The number of nitrogen functional groups attached to an aromatic ring is 1. The van der Waals surface area contributed by atoms with E-state index in [1.54, 1.807) is 13.2 Å². The second-order valence-corrected chi connectivity index (χ2v) is 4.88. The first-order valence-electron chi connectivity index (χ1n) is 6.82. The van der Waals surface area contributed by atoms with Gasteiger partial charge in [0.1, 0.15) is 11.5 Å². The Balaban J connectivity index is 2.23. The predicted molar refractivity (Wildman–Crippen MR) is 83.0 cm³/mol. The van der Waals surface area contributed by atoms with E-state index in [2.05, 4.69) is 15.7 Å². The lowest BCUT2D eigenvalue weighted by molar-refractivity contribution is 0.0925. The number of benzene rings is 1. The van der Waals surface area contributed by atoms with Crippen molar-refractivity contribution < 1.29 is 9.53 Å². The molecule has 1 amide bonds. The molecule has 1 heterocycles. The summed E-state index contributed by atoms with van der Waals surface area (Å²) in [6.45, 7) is 2.53. The fraction of sp³-hybridized carbons (Fsp3) is 0.333. The highest BCUT2D eigenvalue weighted by molar-refractivity contribution is 6.00. The second-order valence-electron chi connectivity index (χ2n) is 4.88. The van der Waals surface area contributed by atoms with Crippen LogP contribution >= 0.6 is 0 Å². The van der Waals surface area contributed by atoms with Crippen molar-refractivity contribution >= 4 is 22.5 Å². The molecule has 0 saturated carbocycles. The van der Waals surface area contributed by atoms with E-state index in [-0.39, 0.29) is 11.9 Å². The van der Waals surface area contributed by atoms with E-state index in [0.29, 0.717) is 18.1 Å². The van der Waals surface area contributed by atoms with Crippen molar-refractivity contribution in [3.8, 4) is 0 Å². The minimum Gasteiger partial charge on any atom is -0.385 e. The Bertz CT molecular complexity index is 630. The summed E-state index contributed by atoms with van der Waals surface area (Å²) in [7, 11) is 1.64. The van der Waals surface area contributed by atoms with E-state index < -0.39 is 0 Å². The lowest BCUT2D eigenvalue weighted by Gasteiger charge is -2.14. The number of rotatable bonds is 6. The number of aromatic nitrogens is 1. The van der Waals surface area contributed by atoms with Crippen molar-refractivity contribution in [3.63, 3.8) is 0 Å². The molecule has 0 spiro atoms. The predicted octanol–water partition coefficient (Wildman–Crippen LogP) is 1.68. The van der Waals surface area contributed by atoms with Gasteiger partial charge < -0.3 is 15.5 Å². The molecule has 0 aliphatic carbocycles. The number of nitrogens with zero attached hydrogens (tertiary/aromatic N) is 1. The average molecular weight is 288 g/mol. The van der Waals surface area contributed by atoms with Crippen LogP contribution in [-0.2, 0) is 4.74 Å². The molecule has 0 bridgehead atoms. The van der Waals surface area contributed by atoms with Crippen LogP contribution in [0.3, 0.4) is 0 Å². The van der Waals surface area contributed by atoms with E-state index >= 15 is 0 Å². The third-order valence-corrected chi connectivity index (χ3v) is 3.24. The van der Waals surface area contributed by atoms with Gasteiger partial charge >= 0.3 is 0 Å². The smallest absolute Gasteiger partial charge is 0.270 e. The van der Waals surface area contributed by atoms with Crippen molar-refractivity contribution in [2.45, 2.75) is 19.4 Å². The Morgan fingerprint density at radius 2 is 2.19 bits per heavy atom. The van der Waals surface area contributed by atoms with E-state index in [1.165, 1.54) is 0 Å². The number of fused-ring (bicyclic) bond motifs is 1. The number of amides is 1. The van der Waals surface area contributed by atoms with Crippen LogP contribution in [0.4, 0.5) is 5.82 Å². The number of carbonyl (C=O) groups is 1. The van der Waals surface area contributed by atoms with Gasteiger partial charge in [0.2, 0.25) is 0 Å². The molecule has 1 atom stereocenters. The summed E-state index contributed by atoms with van der Waals surface area (Å²) in [4.78, 5) is 16.5. The first-order valence-corrected chi connectivity index (χ1v) is 6.82. The average Bonchev–Trinajstić information content (AvgIpc) is 2.51. The number of pyridine rings is 1. The number of nitrogens with one attached hydrogen (secondary N) is 2. The first kappa shape index (κ1) is 15.2. The molecule has 1 unspecified atom stereocenters. The number of hydrogen-bond acceptors (Lipinski definition) is 5. The maximum Gasteiger partial charge on any atom is 0.270 e. The summed E-state index contributed by atoms with van der Waals surface area (Å²) in [5.41, 5.74) is 2.88. The van der Waals surface area contributed by atoms with Crippen LogP contribution in [0.25, 0.3) is 10.8 Å². The fourth-order valence-corrected chi connectivity index (χ4v) is 2.09. The number of carbonyl (C=O) groups excluding carboxylic acids is 1. The summed E-state index contributed by atoms with van der Waals surface area (Å²) < 4.78 is 5.00. The third-order valence-electron chi connectivity index (χ3n) is 3.24. The van der Waals surface area contributed by atoms with Gasteiger partial charge in [-0.25, -0.2) is 10.8 Å². The Morgan fingerprint density at radius 3 is 2.90 bits per heavy atom. The Morgan fingerprint density at radius 1 is 1.43 bits per heavy atom. The van der Waals surface area contributed by atoms with Crippen LogP contribution in [-0.4, -0.2) is 30.6 Å². The zero-order chi connectivity index (χ0) is 15.2. The molecular weight excluding hydrogens is 268 g/mol. The molecule has 0 aliphatic heterocycles. The highest BCUT2D eigenvalue weighted by atomic mass is 16.5. The van der Waals surface area contributed by atoms with Gasteiger partial charge in [0, 0.05) is 25.1 Å². The van der Waals surface area contributed by atoms with E-state index in [1.807, 2.05) is 31.2 Å². The number of methoxy groups -OCH3 is 1. The molecule has 0 fully saturated rings. The standard InChI is InChI=1S/C15H20N4O2/c1-10(7-8-21-2)17-15(20)13-9-11-5-3-4-6-12(11)14(18-13)19-16/h3-6,9-10H,7-8,16H2,1-2H3,(H,17,20)(H,18,19). The highest BCUT2D eigenvalue weighted by Gasteiger charge is 2.13. The molecule has 112 valence electrons. The highest BCUT2D eigenvalue weighted by Crippen LogP contribution is 2.21. The summed E-state index contributed by atoms with van der Waals surface area (Å²) in [5.74, 6) is 5.76. The van der Waals surface area contributed by atoms with E-state index in [4.69, 9.17) is 10.6 Å². The van der Waals surface area contributed by atoms with Crippen LogP contribution in [0.2, 0.25) is 0 Å². The molecule has 0 aliphatic rings. The number of nitrogens with two attached hydrogens (primary N) is 1. The third kappa shape index (κ3) is 3.68. The van der Waals surface area contributed by atoms with Crippen molar-refractivity contribution in [1.82, 2.24) is 10.3 Å². The fourth-order valence-electron chi connectivity index (χ4n) is 2.09. The maximum atomic E-state index is 12.2. The van der Waals surface area contributed by atoms with Gasteiger partial charge in [-0.15, -0.1) is 0 Å². The zero-order valence-electron chi connectivity index (χ0n) is 12.2. The quantitative estimate of drug-likeness (QED) is 0.556. The summed E-state index contributed by atoms with van der Waals surface area (Å²) >= 11 is 0. The first-order chi connectivity index (χ1) is 10.2. The molecule has 4 N–H and O–H groups in total. The van der Waals surface area contributed by atoms with Crippen LogP contribution in [0.1, 0.15) is 23.8 Å². The molecular formula is C15H20N4O2. The van der Waals surface area contributed by atoms with Crippen molar-refractivity contribution in [2.75, 3.05) is 19.1 Å². The molecule has 0 radical (unpaired) electrons. The lowest BCUT2D eigenvalue weighted by atomic mass is 10.1. The molecule has 21 heavy (non-hydrogen) atoms. The van der Waals surface area contributed by atoms with Gasteiger partial charge in [-0.2, -0.15) is 0 Å².